The summed E-state index contributed by atoms with van der Waals surface area (Å²) >= 11 is 0. The van der Waals surface area contributed by atoms with E-state index in [0.717, 1.165) is 19.3 Å². The van der Waals surface area contributed by atoms with Crippen molar-refractivity contribution in [1.82, 2.24) is 0 Å². The van der Waals surface area contributed by atoms with E-state index in [4.69, 9.17) is 9.47 Å². The average Bonchev–Trinajstić information content (AvgIpc) is 3.35. The SMILES string of the molecule is CCCCCCCCCCCC(=O)O[C@@H]1[C@@H](C)[C@@]2(O)[C@@H](C=C(CO)C[C@]3(O)C(=O)C(C)=C[C@@H]23)[C@@H]2C(C)(C)[C@]12OC(C)=O. The molecule has 0 spiro atoms. The van der Waals surface area contributed by atoms with Gasteiger partial charge in [-0.25, -0.2) is 0 Å². The number of hydrogen-bond donors (Lipinski definition) is 3. The fourth-order valence-electron chi connectivity index (χ4n) is 8.84. The van der Waals surface area contributed by atoms with E-state index < -0.39 is 69.7 Å². The molecule has 4 rings (SSSR count). The Balaban J connectivity index is 1.59. The lowest BCUT2D eigenvalue weighted by Crippen LogP contribution is -2.66. The van der Waals surface area contributed by atoms with Crippen LogP contribution in [-0.4, -0.2) is 62.6 Å². The van der Waals surface area contributed by atoms with E-state index in [1.807, 2.05) is 13.8 Å². The molecule has 2 fully saturated rings. The topological polar surface area (TPSA) is 130 Å². The lowest BCUT2D eigenvalue weighted by Gasteiger charge is -2.53. The van der Waals surface area contributed by atoms with Crippen molar-refractivity contribution < 1.29 is 39.2 Å². The van der Waals surface area contributed by atoms with Crippen LogP contribution in [0.1, 0.15) is 112 Å². The third kappa shape index (κ3) is 5.19. The van der Waals surface area contributed by atoms with Crippen molar-refractivity contribution in [3.05, 3.63) is 23.3 Å². The first-order valence-corrected chi connectivity index (χ1v) is 16.1. The molecule has 4 aliphatic carbocycles. The Morgan fingerprint density at radius 3 is 2.17 bits per heavy atom. The molecular weight excluding hydrogens is 536 g/mol. The average molecular weight is 589 g/mol. The quantitative estimate of drug-likeness (QED) is 0.156. The summed E-state index contributed by atoms with van der Waals surface area (Å²) in [6.45, 7) is 10.4. The highest BCUT2D eigenvalue weighted by atomic mass is 16.6. The molecule has 8 heteroatoms. The number of esters is 2. The molecule has 0 aromatic rings. The van der Waals surface area contributed by atoms with Crippen LogP contribution in [0.25, 0.3) is 0 Å². The van der Waals surface area contributed by atoms with Gasteiger partial charge in [0.2, 0.25) is 0 Å². The van der Waals surface area contributed by atoms with Gasteiger partial charge in [-0.3, -0.25) is 14.4 Å². The number of ether oxygens (including phenoxy) is 2. The Hall–Kier alpha value is -2.03. The first-order chi connectivity index (χ1) is 19.7. The Bertz CT molecular complexity index is 1120. The predicted octanol–water partition coefficient (Wildman–Crippen LogP) is 4.97. The summed E-state index contributed by atoms with van der Waals surface area (Å²) in [4.78, 5) is 39.0. The lowest BCUT2D eigenvalue weighted by molar-refractivity contribution is -0.228. The summed E-state index contributed by atoms with van der Waals surface area (Å²) < 4.78 is 12.2. The zero-order valence-corrected chi connectivity index (χ0v) is 26.4. The molecule has 4 aliphatic rings. The van der Waals surface area contributed by atoms with Crippen molar-refractivity contribution in [3.8, 4) is 0 Å². The standard InChI is InChI=1S/C34H52O8/c1-7-8-9-10-11-12-13-14-15-16-27(37)41-30-22(3)33(40)25(28-31(5,6)34(28,30)42-23(4)36)18-24(20-35)19-32(39)26(33)17-21(2)29(32)38/h17-18,22,25-26,28,30,35,39-40H,7-16,19-20H2,1-6H3/t22-,25+,26-,28-,30-,32-,33-,34-/m1/s1. The van der Waals surface area contributed by atoms with E-state index in [9.17, 15) is 29.7 Å². The fourth-order valence-corrected chi connectivity index (χ4v) is 8.84. The highest BCUT2D eigenvalue weighted by Gasteiger charge is 2.87. The molecule has 0 radical (unpaired) electrons. The van der Waals surface area contributed by atoms with Gasteiger partial charge in [-0.1, -0.05) is 91.2 Å². The summed E-state index contributed by atoms with van der Waals surface area (Å²) in [5.74, 6) is -4.30. The van der Waals surface area contributed by atoms with Crippen molar-refractivity contribution >= 4 is 17.7 Å². The summed E-state index contributed by atoms with van der Waals surface area (Å²) in [5.41, 5.74) is -4.71. The van der Waals surface area contributed by atoms with Crippen LogP contribution in [0.3, 0.4) is 0 Å². The van der Waals surface area contributed by atoms with Gasteiger partial charge in [-0.2, -0.15) is 0 Å². The van der Waals surface area contributed by atoms with Crippen LogP contribution in [0.5, 0.6) is 0 Å². The van der Waals surface area contributed by atoms with Crippen LogP contribution in [0, 0.1) is 29.1 Å². The van der Waals surface area contributed by atoms with Crippen LogP contribution in [0.15, 0.2) is 23.3 Å². The van der Waals surface area contributed by atoms with Crippen LogP contribution >= 0.6 is 0 Å². The van der Waals surface area contributed by atoms with Gasteiger partial charge in [0.15, 0.2) is 11.4 Å². The third-order valence-electron chi connectivity index (χ3n) is 11.0. The number of carbonyl (C=O) groups is 3. The number of fused-ring (bicyclic) bond motifs is 5. The molecule has 0 saturated heterocycles. The molecule has 42 heavy (non-hydrogen) atoms. The van der Waals surface area contributed by atoms with Crippen LogP contribution in [0.2, 0.25) is 0 Å². The summed E-state index contributed by atoms with van der Waals surface area (Å²) in [6, 6.07) is 0. The van der Waals surface area contributed by atoms with E-state index in [1.54, 1.807) is 26.0 Å². The van der Waals surface area contributed by atoms with E-state index in [2.05, 4.69) is 6.92 Å². The fraction of sp³-hybridized carbons (Fsp3) is 0.794. The van der Waals surface area contributed by atoms with Crippen molar-refractivity contribution in [2.75, 3.05) is 6.61 Å². The van der Waals surface area contributed by atoms with E-state index in [0.29, 0.717) is 17.6 Å². The van der Waals surface area contributed by atoms with Gasteiger partial charge in [0.25, 0.3) is 0 Å². The lowest BCUT2D eigenvalue weighted by atomic mass is 9.59. The summed E-state index contributed by atoms with van der Waals surface area (Å²) in [6.07, 6.45) is 12.6. The second-order valence-corrected chi connectivity index (χ2v) is 14.0. The molecule has 0 amide bonds. The molecule has 2 saturated carbocycles. The van der Waals surface area contributed by atoms with Crippen LogP contribution < -0.4 is 0 Å². The Labute approximate surface area is 250 Å². The molecule has 0 heterocycles. The number of hydrogen-bond acceptors (Lipinski definition) is 8. The predicted molar refractivity (Wildman–Crippen MR) is 158 cm³/mol. The zero-order valence-electron chi connectivity index (χ0n) is 26.4. The van der Waals surface area contributed by atoms with Gasteiger partial charge in [-0.05, 0) is 24.5 Å². The Kier molecular flexibility index (Phi) is 9.52. The number of aliphatic hydroxyl groups is 3. The van der Waals surface area contributed by atoms with Gasteiger partial charge in [0.1, 0.15) is 11.7 Å². The maximum Gasteiger partial charge on any atom is 0.306 e. The largest absolute Gasteiger partial charge is 0.458 e. The third-order valence-corrected chi connectivity index (χ3v) is 11.0. The first kappa shape index (κ1) is 32.9. The molecular formula is C34H52O8. The highest BCUT2D eigenvalue weighted by molar-refractivity contribution is 6.04. The van der Waals surface area contributed by atoms with Crippen molar-refractivity contribution in [2.24, 2.45) is 29.1 Å². The van der Waals surface area contributed by atoms with E-state index >= 15 is 0 Å². The van der Waals surface area contributed by atoms with Crippen molar-refractivity contribution in [3.63, 3.8) is 0 Å². The summed E-state index contributed by atoms with van der Waals surface area (Å²) in [5, 5.41) is 34.7. The minimum atomic E-state index is -1.93. The van der Waals surface area contributed by atoms with Crippen molar-refractivity contribution in [1.29, 1.82) is 0 Å². The monoisotopic (exact) mass is 588 g/mol. The summed E-state index contributed by atoms with van der Waals surface area (Å²) in [7, 11) is 0. The van der Waals surface area contributed by atoms with E-state index in [-0.39, 0.29) is 19.4 Å². The number of Topliss-reactive ketones (excluding diaryl/α,β-unsaturated/α-hetero) is 1. The van der Waals surface area contributed by atoms with Gasteiger partial charge in [0, 0.05) is 48.9 Å². The first-order valence-electron chi connectivity index (χ1n) is 16.1. The highest BCUT2D eigenvalue weighted by Crippen LogP contribution is 2.77. The molecule has 0 aromatic carbocycles. The van der Waals surface area contributed by atoms with Crippen LogP contribution in [-0.2, 0) is 23.9 Å². The second-order valence-electron chi connectivity index (χ2n) is 14.0. The van der Waals surface area contributed by atoms with Gasteiger partial charge < -0.3 is 24.8 Å². The zero-order chi connectivity index (χ0) is 31.1. The smallest absolute Gasteiger partial charge is 0.306 e. The second kappa shape index (κ2) is 12.2. The van der Waals surface area contributed by atoms with Crippen LogP contribution in [0.4, 0.5) is 0 Å². The molecule has 0 aromatic heterocycles. The molecule has 8 atom stereocenters. The number of rotatable bonds is 13. The Morgan fingerprint density at radius 1 is 1.00 bits per heavy atom. The molecule has 236 valence electrons. The number of ketones is 1. The Morgan fingerprint density at radius 2 is 1.60 bits per heavy atom. The van der Waals surface area contributed by atoms with E-state index in [1.165, 1.54) is 39.0 Å². The molecule has 0 bridgehead atoms. The minimum Gasteiger partial charge on any atom is -0.458 e. The van der Waals surface area contributed by atoms with Crippen molar-refractivity contribution in [2.45, 2.75) is 135 Å². The van der Waals surface area contributed by atoms with Gasteiger partial charge in [-0.15, -0.1) is 0 Å². The van der Waals surface area contributed by atoms with Gasteiger partial charge in [0.05, 0.1) is 12.2 Å². The van der Waals surface area contributed by atoms with Gasteiger partial charge >= 0.3 is 11.9 Å². The number of carbonyl (C=O) groups excluding carboxylic acids is 3. The maximum atomic E-state index is 13.3. The minimum absolute atomic E-state index is 0.108. The molecule has 8 nitrogen and oxygen atoms in total. The molecule has 0 aliphatic heterocycles. The number of aliphatic hydroxyl groups excluding tert-OH is 1. The normalized spacial score (nSPS) is 37.9. The molecule has 0 unspecified atom stereocenters. The number of unbranched alkanes of at least 4 members (excludes halogenated alkanes) is 8. The molecule has 3 N–H and O–H groups in total. The maximum absolute atomic E-state index is 13.3.